The number of nitrogens with one attached hydrogen (secondary N) is 1. The predicted molar refractivity (Wildman–Crippen MR) is 135 cm³/mol. The van der Waals surface area contributed by atoms with Crippen LogP contribution in [0.4, 0.5) is 5.95 Å². The van der Waals surface area contributed by atoms with Gasteiger partial charge in [-0.05, 0) is 46.0 Å². The second-order valence-electron chi connectivity index (χ2n) is 8.68. The van der Waals surface area contributed by atoms with E-state index >= 15 is 0 Å². The molecule has 0 radical (unpaired) electrons. The molecule has 0 bridgehead atoms. The molecule has 1 aromatic carbocycles. The molecule has 0 saturated carbocycles. The summed E-state index contributed by atoms with van der Waals surface area (Å²) in [5.74, 6) is 0.518. The van der Waals surface area contributed by atoms with E-state index in [1.54, 1.807) is 18.6 Å². The minimum atomic E-state index is -0.0982. The van der Waals surface area contributed by atoms with Gasteiger partial charge in [0.05, 0.1) is 23.6 Å². The molecule has 4 heterocycles. The molecule has 5 rings (SSSR count). The molecule has 1 saturated heterocycles. The monoisotopic (exact) mass is 475 g/mol. The van der Waals surface area contributed by atoms with Crippen molar-refractivity contribution in [3.05, 3.63) is 63.9 Å². The number of fused-ring (bicyclic) bond motifs is 1. The van der Waals surface area contributed by atoms with Gasteiger partial charge in [-0.1, -0.05) is 23.7 Å². The van der Waals surface area contributed by atoms with Crippen LogP contribution in [0, 0.1) is 6.92 Å². The fourth-order valence-electron chi connectivity index (χ4n) is 4.51. The summed E-state index contributed by atoms with van der Waals surface area (Å²) in [6.07, 6.45) is 6.06. The maximum Gasteiger partial charge on any atom is 0.260 e. The van der Waals surface area contributed by atoms with Crippen LogP contribution in [0.3, 0.4) is 0 Å². The summed E-state index contributed by atoms with van der Waals surface area (Å²) >= 11 is 6.73. The Labute approximate surface area is 202 Å². The van der Waals surface area contributed by atoms with E-state index in [0.717, 1.165) is 41.8 Å². The number of nitrogens with zero attached hydrogens (tertiary/aromatic N) is 6. The summed E-state index contributed by atoms with van der Waals surface area (Å²) in [4.78, 5) is 34.0. The lowest BCUT2D eigenvalue weighted by Gasteiger charge is -2.19. The minimum Gasteiger partial charge on any atom is -0.354 e. The molecule has 9 heteroatoms. The summed E-state index contributed by atoms with van der Waals surface area (Å²) in [5, 5.41) is 4.43. The van der Waals surface area contributed by atoms with Crippen LogP contribution in [0.5, 0.6) is 0 Å². The largest absolute Gasteiger partial charge is 0.354 e. The van der Waals surface area contributed by atoms with Crippen molar-refractivity contribution in [2.24, 2.45) is 0 Å². The molecule has 1 unspecified atom stereocenters. The van der Waals surface area contributed by atoms with Crippen LogP contribution in [0.2, 0.25) is 5.02 Å². The Hall–Kier alpha value is -3.36. The molecule has 1 N–H and O–H groups in total. The van der Waals surface area contributed by atoms with Crippen LogP contribution in [-0.2, 0) is 0 Å². The quantitative estimate of drug-likeness (QED) is 0.463. The molecule has 0 aliphatic carbocycles. The molecule has 8 nitrogen and oxygen atoms in total. The lowest BCUT2D eigenvalue weighted by Crippen LogP contribution is -2.29. The molecule has 174 valence electrons. The third kappa shape index (κ3) is 4.15. The molecule has 0 spiro atoms. The Morgan fingerprint density at radius 2 is 2.00 bits per heavy atom. The fraction of sp³-hybridized carbons (Fsp3) is 0.320. The molecule has 3 aromatic heterocycles. The summed E-state index contributed by atoms with van der Waals surface area (Å²) in [6.45, 7) is 6.31. The molecule has 0 amide bonds. The summed E-state index contributed by atoms with van der Waals surface area (Å²) in [5.41, 5.74) is 4.17. The average Bonchev–Trinajstić information content (AvgIpc) is 3.25. The first-order valence-corrected chi connectivity index (χ1v) is 11.8. The van der Waals surface area contributed by atoms with Gasteiger partial charge in [0.15, 0.2) is 0 Å². The number of likely N-dealkylation sites (tertiary alicyclic amines) is 1. The van der Waals surface area contributed by atoms with Gasteiger partial charge in [-0.2, -0.15) is 4.98 Å². The van der Waals surface area contributed by atoms with E-state index in [1.807, 2.05) is 42.7 Å². The zero-order valence-electron chi connectivity index (χ0n) is 19.4. The first kappa shape index (κ1) is 22.4. The number of rotatable bonds is 5. The molecular formula is C25H26ClN7O. The third-order valence-corrected chi connectivity index (χ3v) is 6.46. The highest BCUT2D eigenvalue weighted by atomic mass is 35.5. The number of anilines is 1. The van der Waals surface area contributed by atoms with E-state index in [9.17, 15) is 4.79 Å². The molecule has 1 aliphatic heterocycles. The van der Waals surface area contributed by atoms with E-state index in [0.29, 0.717) is 34.3 Å². The van der Waals surface area contributed by atoms with Crippen LogP contribution in [0.1, 0.15) is 25.1 Å². The van der Waals surface area contributed by atoms with Crippen molar-refractivity contribution < 1.29 is 0 Å². The van der Waals surface area contributed by atoms with Gasteiger partial charge in [0.25, 0.3) is 5.56 Å². The van der Waals surface area contributed by atoms with Crippen LogP contribution in [0.15, 0.2) is 47.7 Å². The fourth-order valence-corrected chi connectivity index (χ4v) is 4.80. The normalized spacial score (nSPS) is 16.3. The molecule has 34 heavy (non-hydrogen) atoms. The van der Waals surface area contributed by atoms with Crippen molar-refractivity contribution in [2.45, 2.75) is 26.3 Å². The van der Waals surface area contributed by atoms with Gasteiger partial charge in [0.2, 0.25) is 5.95 Å². The van der Waals surface area contributed by atoms with Gasteiger partial charge >= 0.3 is 0 Å². The van der Waals surface area contributed by atoms with Crippen molar-refractivity contribution in [1.29, 1.82) is 0 Å². The zero-order chi connectivity index (χ0) is 23.8. The topological polar surface area (TPSA) is 88.8 Å². The summed E-state index contributed by atoms with van der Waals surface area (Å²) < 4.78 is 1.83. The summed E-state index contributed by atoms with van der Waals surface area (Å²) in [7, 11) is 2.07. The average molecular weight is 476 g/mol. The Balaban J connectivity index is 1.67. The Kier molecular flexibility index (Phi) is 6.02. The number of aryl methyl sites for hydroxylation is 1. The maximum absolute atomic E-state index is 13.9. The maximum atomic E-state index is 13.9. The van der Waals surface area contributed by atoms with E-state index in [1.165, 1.54) is 0 Å². The lowest BCUT2D eigenvalue weighted by molar-refractivity contribution is 0.392. The number of hydrogen-bond donors (Lipinski definition) is 1. The highest BCUT2D eigenvalue weighted by molar-refractivity contribution is 6.33. The number of benzene rings is 1. The SMILES string of the molecule is CCNc1ncc2cc(-c3ccc(-c4cncc(C)n4)cc3Cl)c(=O)n(C3CCN(C)C3)c2n1. The number of pyridine rings is 1. The second kappa shape index (κ2) is 9.12. The van der Waals surface area contributed by atoms with Crippen LogP contribution >= 0.6 is 11.6 Å². The van der Waals surface area contributed by atoms with Gasteiger partial charge < -0.3 is 10.2 Å². The van der Waals surface area contributed by atoms with Crippen molar-refractivity contribution in [3.63, 3.8) is 0 Å². The molecular weight excluding hydrogens is 450 g/mol. The Bertz CT molecular complexity index is 1430. The standard InChI is InChI=1S/C25H26ClN7O/c1-4-28-25-29-12-17-9-20(24(34)33(23(17)31-25)18-7-8-32(3)14-18)19-6-5-16(10-21(19)26)22-13-27-11-15(2)30-22/h5-6,9-13,18H,4,7-8,14H2,1-3H3,(H,28,29,31). The molecule has 4 aromatic rings. The molecule has 1 aliphatic rings. The smallest absolute Gasteiger partial charge is 0.260 e. The van der Waals surface area contributed by atoms with Gasteiger partial charge in [-0.25, -0.2) is 9.97 Å². The first-order valence-electron chi connectivity index (χ1n) is 11.4. The minimum absolute atomic E-state index is 0.0324. The number of hydrogen-bond acceptors (Lipinski definition) is 7. The van der Waals surface area contributed by atoms with Crippen LogP contribution in [0.25, 0.3) is 33.4 Å². The highest BCUT2D eigenvalue weighted by Gasteiger charge is 2.26. The Morgan fingerprint density at radius 3 is 2.71 bits per heavy atom. The van der Waals surface area contributed by atoms with E-state index < -0.39 is 0 Å². The highest BCUT2D eigenvalue weighted by Crippen LogP contribution is 2.32. The van der Waals surface area contributed by atoms with Gasteiger partial charge in [-0.3, -0.25) is 14.3 Å². The van der Waals surface area contributed by atoms with Crippen LogP contribution in [-0.4, -0.2) is 56.1 Å². The Morgan fingerprint density at radius 1 is 1.15 bits per heavy atom. The summed E-state index contributed by atoms with van der Waals surface area (Å²) in [6, 6.07) is 7.51. The van der Waals surface area contributed by atoms with Gasteiger partial charge in [-0.15, -0.1) is 0 Å². The number of halogens is 1. The van der Waals surface area contributed by atoms with Crippen molar-refractivity contribution in [2.75, 3.05) is 32.0 Å². The molecule has 1 fully saturated rings. The predicted octanol–water partition coefficient (Wildman–Crippen LogP) is 4.19. The lowest BCUT2D eigenvalue weighted by atomic mass is 10.0. The van der Waals surface area contributed by atoms with E-state index in [2.05, 4.69) is 37.2 Å². The van der Waals surface area contributed by atoms with Crippen molar-refractivity contribution >= 4 is 28.6 Å². The van der Waals surface area contributed by atoms with Crippen molar-refractivity contribution in [1.82, 2.24) is 29.4 Å². The third-order valence-electron chi connectivity index (χ3n) is 6.15. The number of likely N-dealkylation sites (N-methyl/N-ethyl adjacent to an activating group) is 1. The van der Waals surface area contributed by atoms with E-state index in [4.69, 9.17) is 11.6 Å². The molecule has 1 atom stereocenters. The van der Waals surface area contributed by atoms with Crippen LogP contribution < -0.4 is 10.9 Å². The van der Waals surface area contributed by atoms with Crippen molar-refractivity contribution in [3.8, 4) is 22.4 Å². The second-order valence-corrected chi connectivity index (χ2v) is 9.09. The van der Waals surface area contributed by atoms with Gasteiger partial charge in [0, 0.05) is 52.6 Å². The van der Waals surface area contributed by atoms with Gasteiger partial charge in [0.1, 0.15) is 5.65 Å². The first-order chi connectivity index (χ1) is 16.4. The zero-order valence-corrected chi connectivity index (χ0v) is 20.2. The van der Waals surface area contributed by atoms with E-state index in [-0.39, 0.29) is 11.6 Å². The number of aromatic nitrogens is 5.